The van der Waals surface area contributed by atoms with Crippen LogP contribution in [-0.2, 0) is 6.54 Å². The number of pyridine rings is 1. The fourth-order valence-electron chi connectivity index (χ4n) is 4.27. The average molecular weight is 445 g/mol. The zero-order chi connectivity index (χ0) is 22.9. The SMILES string of the molecule is COc1nc(C=Cc2nc3n(n2)CCC[C@@H]3c2cccc(C)c2F)ccc1-n1cnc(C)c1. The normalized spacial score (nSPS) is 15.7. The Hall–Kier alpha value is -3.81. The second-order valence-corrected chi connectivity index (χ2v) is 8.24. The Morgan fingerprint density at radius 3 is 2.79 bits per heavy atom. The summed E-state index contributed by atoms with van der Waals surface area (Å²) in [5.41, 5.74) is 3.80. The molecule has 1 aliphatic heterocycles. The minimum atomic E-state index is -0.152. The minimum absolute atomic E-state index is 0.0931. The van der Waals surface area contributed by atoms with E-state index in [1.54, 1.807) is 26.4 Å². The van der Waals surface area contributed by atoms with Crippen LogP contribution in [0.2, 0.25) is 0 Å². The maximum absolute atomic E-state index is 14.8. The number of halogens is 1. The lowest BCUT2D eigenvalue weighted by Gasteiger charge is -2.23. The largest absolute Gasteiger partial charge is 0.479 e. The van der Waals surface area contributed by atoms with E-state index in [4.69, 9.17) is 9.72 Å². The monoisotopic (exact) mass is 444 g/mol. The van der Waals surface area contributed by atoms with Crippen molar-refractivity contribution in [2.75, 3.05) is 7.11 Å². The molecule has 1 aliphatic rings. The maximum Gasteiger partial charge on any atom is 0.238 e. The number of aromatic nitrogens is 6. The molecule has 168 valence electrons. The molecule has 5 rings (SSSR count). The van der Waals surface area contributed by atoms with Crippen LogP contribution in [-0.4, -0.2) is 36.4 Å². The van der Waals surface area contributed by atoms with Gasteiger partial charge in [0, 0.05) is 18.7 Å². The van der Waals surface area contributed by atoms with Gasteiger partial charge in [0.15, 0.2) is 5.82 Å². The number of ether oxygens (including phenoxy) is 1. The van der Waals surface area contributed by atoms with Crippen molar-refractivity contribution in [3.63, 3.8) is 0 Å². The lowest BCUT2D eigenvalue weighted by Crippen LogP contribution is -2.19. The Labute approximate surface area is 191 Å². The smallest absolute Gasteiger partial charge is 0.238 e. The van der Waals surface area contributed by atoms with Crippen molar-refractivity contribution < 1.29 is 9.13 Å². The van der Waals surface area contributed by atoms with Crippen molar-refractivity contribution in [2.45, 2.75) is 39.2 Å². The molecule has 0 saturated heterocycles. The van der Waals surface area contributed by atoms with Gasteiger partial charge in [-0.05, 0) is 62.1 Å². The Morgan fingerprint density at radius 2 is 2.00 bits per heavy atom. The van der Waals surface area contributed by atoms with Crippen LogP contribution in [0.3, 0.4) is 0 Å². The molecule has 0 amide bonds. The molecule has 8 heteroatoms. The summed E-state index contributed by atoms with van der Waals surface area (Å²) >= 11 is 0. The van der Waals surface area contributed by atoms with Crippen molar-refractivity contribution in [3.8, 4) is 11.6 Å². The summed E-state index contributed by atoms with van der Waals surface area (Å²) < 4.78 is 24.1. The van der Waals surface area contributed by atoms with Gasteiger partial charge in [0.25, 0.3) is 0 Å². The number of aryl methyl sites for hydroxylation is 3. The van der Waals surface area contributed by atoms with Crippen molar-refractivity contribution in [2.24, 2.45) is 0 Å². The number of fused-ring (bicyclic) bond motifs is 1. The van der Waals surface area contributed by atoms with Crippen LogP contribution in [0, 0.1) is 19.7 Å². The lowest BCUT2D eigenvalue weighted by atomic mass is 9.90. The molecule has 0 aliphatic carbocycles. The van der Waals surface area contributed by atoms with Crippen LogP contribution in [0.4, 0.5) is 4.39 Å². The van der Waals surface area contributed by atoms with Crippen molar-refractivity contribution >= 4 is 12.2 Å². The van der Waals surface area contributed by atoms with E-state index in [9.17, 15) is 4.39 Å². The molecule has 1 aromatic carbocycles. The van der Waals surface area contributed by atoms with E-state index >= 15 is 0 Å². The first-order valence-corrected chi connectivity index (χ1v) is 11.0. The van der Waals surface area contributed by atoms with Gasteiger partial charge < -0.3 is 9.30 Å². The van der Waals surface area contributed by atoms with E-state index in [2.05, 4.69) is 15.1 Å². The number of hydrogen-bond acceptors (Lipinski definition) is 5. The van der Waals surface area contributed by atoms with Gasteiger partial charge in [-0.1, -0.05) is 18.2 Å². The predicted molar refractivity (Wildman–Crippen MR) is 124 cm³/mol. The number of rotatable bonds is 5. The molecule has 0 N–H and O–H groups in total. The first-order chi connectivity index (χ1) is 16.0. The summed E-state index contributed by atoms with van der Waals surface area (Å²) in [6, 6.07) is 9.39. The van der Waals surface area contributed by atoms with Crippen molar-refractivity contribution in [1.29, 1.82) is 0 Å². The molecular formula is C25H25FN6O. The summed E-state index contributed by atoms with van der Waals surface area (Å²) in [6.45, 7) is 4.51. The average Bonchev–Trinajstić information content (AvgIpc) is 3.45. The minimum Gasteiger partial charge on any atom is -0.479 e. The fraction of sp³-hybridized carbons (Fsp3) is 0.280. The molecule has 0 fully saturated rings. The maximum atomic E-state index is 14.8. The van der Waals surface area contributed by atoms with Crippen LogP contribution in [0.15, 0.2) is 42.9 Å². The van der Waals surface area contributed by atoms with Crippen LogP contribution >= 0.6 is 0 Å². The van der Waals surface area contributed by atoms with E-state index < -0.39 is 0 Å². The number of benzene rings is 1. The summed E-state index contributed by atoms with van der Waals surface area (Å²) in [5, 5.41) is 4.63. The molecular weight excluding hydrogens is 419 g/mol. The number of nitrogens with zero attached hydrogens (tertiary/aromatic N) is 6. The molecule has 0 spiro atoms. The molecule has 0 radical (unpaired) electrons. The topological polar surface area (TPSA) is 70.7 Å². The quantitative estimate of drug-likeness (QED) is 0.446. The zero-order valence-corrected chi connectivity index (χ0v) is 18.9. The molecule has 0 unspecified atom stereocenters. The standard InChI is InChI=1S/C25H25FN6O/c1-16-6-4-7-19(23(16)26)20-8-5-13-32-24(20)29-22(30-32)12-10-18-9-11-21(25(28-18)33-3)31-14-17(2)27-15-31/h4,6-7,9-12,14-15,20H,5,8,13H2,1-3H3/t20-/m1/s1. The number of hydrogen-bond donors (Lipinski definition) is 0. The summed E-state index contributed by atoms with van der Waals surface area (Å²) in [5.74, 6) is 1.65. The molecule has 0 bridgehead atoms. The Balaban J connectivity index is 1.42. The third-order valence-corrected chi connectivity index (χ3v) is 5.94. The summed E-state index contributed by atoms with van der Waals surface area (Å²) in [7, 11) is 1.60. The Morgan fingerprint density at radius 1 is 1.12 bits per heavy atom. The summed E-state index contributed by atoms with van der Waals surface area (Å²) in [6.07, 6.45) is 9.13. The third kappa shape index (κ3) is 4.04. The molecule has 3 aromatic heterocycles. The van der Waals surface area contributed by atoms with E-state index in [-0.39, 0.29) is 11.7 Å². The van der Waals surface area contributed by atoms with Crippen molar-refractivity contribution in [3.05, 3.63) is 82.8 Å². The second-order valence-electron chi connectivity index (χ2n) is 8.24. The van der Waals surface area contributed by atoms with Gasteiger partial charge in [0.05, 0.1) is 24.8 Å². The Kier molecular flexibility index (Phi) is 5.50. The highest BCUT2D eigenvalue weighted by molar-refractivity contribution is 5.65. The van der Waals surface area contributed by atoms with Gasteiger partial charge >= 0.3 is 0 Å². The zero-order valence-electron chi connectivity index (χ0n) is 18.9. The van der Waals surface area contributed by atoms with Gasteiger partial charge in [-0.3, -0.25) is 0 Å². The molecule has 7 nitrogen and oxygen atoms in total. The van der Waals surface area contributed by atoms with Gasteiger partial charge in [-0.2, -0.15) is 5.10 Å². The fourth-order valence-corrected chi connectivity index (χ4v) is 4.27. The predicted octanol–water partition coefficient (Wildman–Crippen LogP) is 4.72. The number of imidazole rings is 1. The van der Waals surface area contributed by atoms with E-state index in [0.29, 0.717) is 22.8 Å². The van der Waals surface area contributed by atoms with Gasteiger partial charge in [-0.15, -0.1) is 0 Å². The van der Waals surface area contributed by atoms with Crippen LogP contribution in [0.5, 0.6) is 5.88 Å². The Bertz CT molecular complexity index is 1340. The van der Waals surface area contributed by atoms with Crippen LogP contribution < -0.4 is 4.74 Å². The molecule has 4 aromatic rings. The highest BCUT2D eigenvalue weighted by atomic mass is 19.1. The first-order valence-electron chi connectivity index (χ1n) is 11.0. The van der Waals surface area contributed by atoms with E-state index in [0.717, 1.165) is 42.3 Å². The molecule has 4 heterocycles. The van der Waals surface area contributed by atoms with Gasteiger partial charge in [0.1, 0.15) is 17.3 Å². The van der Waals surface area contributed by atoms with Crippen LogP contribution in [0.1, 0.15) is 52.9 Å². The lowest BCUT2D eigenvalue weighted by molar-refractivity contribution is 0.395. The highest BCUT2D eigenvalue weighted by Gasteiger charge is 2.27. The molecule has 33 heavy (non-hydrogen) atoms. The van der Waals surface area contributed by atoms with Crippen molar-refractivity contribution in [1.82, 2.24) is 29.3 Å². The molecule has 1 atom stereocenters. The van der Waals surface area contributed by atoms with Crippen LogP contribution in [0.25, 0.3) is 17.8 Å². The second kappa shape index (κ2) is 8.61. The van der Waals surface area contributed by atoms with Gasteiger partial charge in [0.2, 0.25) is 5.88 Å². The van der Waals surface area contributed by atoms with Gasteiger partial charge in [-0.25, -0.2) is 24.0 Å². The highest BCUT2D eigenvalue weighted by Crippen LogP contribution is 2.34. The molecule has 0 saturated carbocycles. The van der Waals surface area contributed by atoms with E-state index in [1.165, 1.54) is 0 Å². The summed E-state index contributed by atoms with van der Waals surface area (Å²) in [4.78, 5) is 13.6. The third-order valence-electron chi connectivity index (χ3n) is 5.94. The van der Waals surface area contributed by atoms with E-state index in [1.807, 2.05) is 58.8 Å². The number of methoxy groups -OCH3 is 1. The first kappa shape index (κ1) is 21.1.